The lowest BCUT2D eigenvalue weighted by Crippen LogP contribution is -2.48. The fourth-order valence-electron chi connectivity index (χ4n) is 0.848. The minimum absolute atomic E-state index is 0.0248. The van der Waals surface area contributed by atoms with Crippen molar-refractivity contribution in [1.82, 2.24) is 5.32 Å². The van der Waals surface area contributed by atoms with Crippen molar-refractivity contribution in [3.05, 3.63) is 12.7 Å². The standard InChI is InChI=1S/C9H17NO3/c1-5-8(12)13-7(2)10-9(3,4)6-11/h5,7,10-11H,1,6H2,2-4H3. The van der Waals surface area contributed by atoms with Crippen LogP contribution in [0.5, 0.6) is 0 Å². The molecule has 0 aromatic carbocycles. The molecule has 0 heterocycles. The van der Waals surface area contributed by atoms with Crippen LogP contribution >= 0.6 is 0 Å². The maximum Gasteiger partial charge on any atom is 0.331 e. The Morgan fingerprint density at radius 1 is 1.77 bits per heavy atom. The summed E-state index contributed by atoms with van der Waals surface area (Å²) < 4.78 is 4.86. The second kappa shape index (κ2) is 4.99. The van der Waals surface area contributed by atoms with E-state index in [1.807, 2.05) is 13.8 Å². The molecule has 2 N–H and O–H groups in total. The maximum absolute atomic E-state index is 10.8. The first kappa shape index (κ1) is 12.1. The first-order chi connectivity index (χ1) is 5.91. The summed E-state index contributed by atoms with van der Waals surface area (Å²) in [4.78, 5) is 10.8. The van der Waals surface area contributed by atoms with E-state index in [0.717, 1.165) is 6.08 Å². The number of carbonyl (C=O) groups is 1. The summed E-state index contributed by atoms with van der Waals surface area (Å²) in [5.41, 5.74) is -0.457. The van der Waals surface area contributed by atoms with Crippen molar-refractivity contribution in [2.45, 2.75) is 32.5 Å². The van der Waals surface area contributed by atoms with Gasteiger partial charge in [-0.15, -0.1) is 0 Å². The second-order valence-electron chi connectivity index (χ2n) is 3.47. The summed E-state index contributed by atoms with van der Waals surface area (Å²) in [6.45, 7) is 8.57. The van der Waals surface area contributed by atoms with Crippen LogP contribution in [0.15, 0.2) is 12.7 Å². The minimum Gasteiger partial charge on any atom is -0.444 e. The Morgan fingerprint density at radius 2 is 2.31 bits per heavy atom. The molecule has 0 aromatic heterocycles. The highest BCUT2D eigenvalue weighted by atomic mass is 16.6. The van der Waals surface area contributed by atoms with Crippen LogP contribution in [0.1, 0.15) is 20.8 Å². The molecule has 0 aliphatic rings. The zero-order valence-electron chi connectivity index (χ0n) is 8.33. The number of hydrogen-bond acceptors (Lipinski definition) is 4. The molecule has 0 aliphatic carbocycles. The third kappa shape index (κ3) is 5.38. The predicted octanol–water partition coefficient (Wildman–Crippen LogP) is 0.422. The zero-order valence-corrected chi connectivity index (χ0v) is 8.33. The Bertz CT molecular complexity index is 189. The molecule has 0 rings (SSSR count). The van der Waals surface area contributed by atoms with E-state index in [-0.39, 0.29) is 6.61 Å². The van der Waals surface area contributed by atoms with Gasteiger partial charge < -0.3 is 9.84 Å². The lowest BCUT2D eigenvalue weighted by atomic mass is 10.1. The van der Waals surface area contributed by atoms with Gasteiger partial charge in [-0.2, -0.15) is 0 Å². The maximum atomic E-state index is 10.8. The lowest BCUT2D eigenvalue weighted by molar-refractivity contribution is -0.144. The monoisotopic (exact) mass is 187 g/mol. The summed E-state index contributed by atoms with van der Waals surface area (Å²) in [6.07, 6.45) is 0.664. The Balaban J connectivity index is 3.93. The molecule has 4 heteroatoms. The number of aliphatic hydroxyl groups is 1. The van der Waals surface area contributed by atoms with Crippen molar-refractivity contribution in [1.29, 1.82) is 0 Å². The highest BCUT2D eigenvalue weighted by Gasteiger charge is 2.19. The highest BCUT2D eigenvalue weighted by molar-refractivity contribution is 5.81. The van der Waals surface area contributed by atoms with Crippen LogP contribution in [0.2, 0.25) is 0 Å². The minimum atomic E-state index is -0.478. The van der Waals surface area contributed by atoms with E-state index in [1.54, 1.807) is 6.92 Å². The summed E-state index contributed by atoms with van der Waals surface area (Å²) in [7, 11) is 0. The fraction of sp³-hybridized carbons (Fsp3) is 0.667. The van der Waals surface area contributed by atoms with Crippen LogP contribution in [-0.2, 0) is 9.53 Å². The van der Waals surface area contributed by atoms with Crippen LogP contribution in [0.25, 0.3) is 0 Å². The average Bonchev–Trinajstić information content (AvgIpc) is 2.03. The Labute approximate surface area is 78.6 Å². The number of hydrogen-bond donors (Lipinski definition) is 2. The Hall–Kier alpha value is -0.870. The van der Waals surface area contributed by atoms with E-state index >= 15 is 0 Å². The van der Waals surface area contributed by atoms with Crippen molar-refractivity contribution in [2.24, 2.45) is 0 Å². The fourth-order valence-corrected chi connectivity index (χ4v) is 0.848. The van der Waals surface area contributed by atoms with Crippen LogP contribution < -0.4 is 5.32 Å². The van der Waals surface area contributed by atoms with Gasteiger partial charge in [-0.1, -0.05) is 6.58 Å². The quantitative estimate of drug-likeness (QED) is 0.372. The molecule has 0 fully saturated rings. The number of aliphatic hydroxyl groups excluding tert-OH is 1. The molecule has 1 unspecified atom stereocenters. The van der Waals surface area contributed by atoms with Gasteiger partial charge >= 0.3 is 5.97 Å². The Kier molecular flexibility index (Phi) is 4.66. The molecular weight excluding hydrogens is 170 g/mol. The molecule has 4 nitrogen and oxygen atoms in total. The van der Waals surface area contributed by atoms with E-state index in [2.05, 4.69) is 11.9 Å². The largest absolute Gasteiger partial charge is 0.444 e. The molecule has 0 amide bonds. The zero-order chi connectivity index (χ0) is 10.5. The van der Waals surface area contributed by atoms with E-state index in [4.69, 9.17) is 9.84 Å². The summed E-state index contributed by atoms with van der Waals surface area (Å²) in [5, 5.41) is 11.8. The molecule has 1 atom stereocenters. The number of carbonyl (C=O) groups excluding carboxylic acids is 1. The van der Waals surface area contributed by atoms with Gasteiger partial charge in [-0.05, 0) is 20.8 Å². The van der Waals surface area contributed by atoms with Gasteiger partial charge in [-0.3, -0.25) is 5.32 Å². The van der Waals surface area contributed by atoms with Crippen LogP contribution in [0.4, 0.5) is 0 Å². The summed E-state index contributed by atoms with van der Waals surface area (Å²) in [6, 6.07) is 0. The van der Waals surface area contributed by atoms with Gasteiger partial charge in [0.25, 0.3) is 0 Å². The first-order valence-electron chi connectivity index (χ1n) is 4.13. The SMILES string of the molecule is C=CC(=O)OC(C)NC(C)(C)CO. The van der Waals surface area contributed by atoms with Gasteiger partial charge in [-0.25, -0.2) is 4.79 Å². The van der Waals surface area contributed by atoms with Crippen LogP contribution in [0.3, 0.4) is 0 Å². The predicted molar refractivity (Wildman–Crippen MR) is 50.1 cm³/mol. The van der Waals surface area contributed by atoms with Gasteiger partial charge in [0, 0.05) is 11.6 Å². The van der Waals surface area contributed by atoms with Crippen molar-refractivity contribution in [3.63, 3.8) is 0 Å². The number of nitrogens with one attached hydrogen (secondary N) is 1. The second-order valence-corrected chi connectivity index (χ2v) is 3.47. The third-order valence-electron chi connectivity index (χ3n) is 1.45. The average molecular weight is 187 g/mol. The molecular formula is C9H17NO3. The lowest BCUT2D eigenvalue weighted by Gasteiger charge is -2.27. The van der Waals surface area contributed by atoms with Gasteiger partial charge in [0.2, 0.25) is 0 Å². The Morgan fingerprint density at radius 3 is 2.69 bits per heavy atom. The number of rotatable bonds is 5. The number of ether oxygens (including phenoxy) is 1. The molecule has 0 saturated carbocycles. The van der Waals surface area contributed by atoms with E-state index in [1.165, 1.54) is 0 Å². The highest BCUT2D eigenvalue weighted by Crippen LogP contribution is 2.02. The molecule has 0 bridgehead atoms. The van der Waals surface area contributed by atoms with E-state index < -0.39 is 17.7 Å². The normalized spacial score (nSPS) is 13.5. The van der Waals surface area contributed by atoms with Crippen molar-refractivity contribution in [2.75, 3.05) is 6.61 Å². The van der Waals surface area contributed by atoms with E-state index in [9.17, 15) is 4.79 Å². The molecule has 76 valence electrons. The molecule has 0 saturated heterocycles. The third-order valence-corrected chi connectivity index (χ3v) is 1.45. The van der Waals surface area contributed by atoms with Crippen molar-refractivity contribution < 1.29 is 14.6 Å². The van der Waals surface area contributed by atoms with Gasteiger partial charge in [0.15, 0.2) is 6.23 Å². The van der Waals surface area contributed by atoms with Gasteiger partial charge in [0.1, 0.15) is 0 Å². The van der Waals surface area contributed by atoms with Crippen molar-refractivity contribution in [3.8, 4) is 0 Å². The topological polar surface area (TPSA) is 58.6 Å². The van der Waals surface area contributed by atoms with Crippen LogP contribution in [0, 0.1) is 0 Å². The molecule has 0 radical (unpaired) electrons. The molecule has 13 heavy (non-hydrogen) atoms. The van der Waals surface area contributed by atoms with Crippen LogP contribution in [-0.4, -0.2) is 29.4 Å². The first-order valence-corrected chi connectivity index (χ1v) is 4.13. The summed E-state index contributed by atoms with van der Waals surface area (Å²) >= 11 is 0. The molecule has 0 aromatic rings. The molecule has 0 spiro atoms. The smallest absolute Gasteiger partial charge is 0.331 e. The summed E-state index contributed by atoms with van der Waals surface area (Å²) in [5.74, 6) is -0.478. The van der Waals surface area contributed by atoms with Gasteiger partial charge in [0.05, 0.1) is 6.61 Å². The van der Waals surface area contributed by atoms with Crippen molar-refractivity contribution >= 4 is 5.97 Å². The molecule has 0 aliphatic heterocycles. The van der Waals surface area contributed by atoms with E-state index in [0.29, 0.717) is 0 Å². The number of esters is 1.